The molecule has 0 heterocycles. The van der Waals surface area contributed by atoms with Crippen LogP contribution in [0.2, 0.25) is 0 Å². The lowest BCUT2D eigenvalue weighted by Crippen LogP contribution is -2.05. The molecule has 0 aliphatic heterocycles. The second-order valence-corrected chi connectivity index (χ2v) is 4.71. The molecule has 0 amide bonds. The molecule has 0 fully saturated rings. The predicted octanol–water partition coefficient (Wildman–Crippen LogP) is 3.56. The van der Waals surface area contributed by atoms with Crippen molar-refractivity contribution in [1.29, 1.82) is 0 Å². The molecule has 1 aromatic rings. The van der Waals surface area contributed by atoms with Gasteiger partial charge in [0.2, 0.25) is 0 Å². The Morgan fingerprint density at radius 3 is 2.82 bits per heavy atom. The van der Waals surface area contributed by atoms with Gasteiger partial charge in [-0.15, -0.1) is 0 Å². The van der Waals surface area contributed by atoms with E-state index in [0.29, 0.717) is 17.4 Å². The van der Waals surface area contributed by atoms with Gasteiger partial charge >= 0.3 is 5.97 Å². The second-order valence-electron chi connectivity index (χ2n) is 3.86. The summed E-state index contributed by atoms with van der Waals surface area (Å²) in [6, 6.07) is 3.16. The van der Waals surface area contributed by atoms with E-state index in [1.807, 2.05) is 6.92 Å². The van der Waals surface area contributed by atoms with Crippen molar-refractivity contribution in [3.63, 3.8) is 0 Å². The Kier molecular flexibility index (Phi) is 5.41. The van der Waals surface area contributed by atoms with Gasteiger partial charge in [-0.25, -0.2) is 4.39 Å². The van der Waals surface area contributed by atoms with Crippen LogP contribution in [0.15, 0.2) is 16.6 Å². The highest BCUT2D eigenvalue weighted by atomic mass is 79.9. The van der Waals surface area contributed by atoms with E-state index in [1.54, 1.807) is 6.07 Å². The van der Waals surface area contributed by atoms with Crippen LogP contribution >= 0.6 is 15.9 Å². The van der Waals surface area contributed by atoms with E-state index in [9.17, 15) is 9.18 Å². The van der Waals surface area contributed by atoms with E-state index in [2.05, 4.69) is 21.2 Å². The van der Waals surface area contributed by atoms with Crippen LogP contribution < -0.4 is 5.32 Å². The summed E-state index contributed by atoms with van der Waals surface area (Å²) in [5.41, 5.74) is 1.71. The number of unbranched alkanes of at least 4 members (excludes halogenated alkanes) is 1. The Labute approximate surface area is 108 Å². The maximum Gasteiger partial charge on any atom is 0.303 e. The summed E-state index contributed by atoms with van der Waals surface area (Å²) in [7, 11) is 0. The Morgan fingerprint density at radius 2 is 2.18 bits per heavy atom. The Balaban J connectivity index is 2.41. The molecular weight excluding hydrogens is 289 g/mol. The number of aryl methyl sites for hydroxylation is 1. The molecule has 2 N–H and O–H groups in total. The summed E-state index contributed by atoms with van der Waals surface area (Å²) < 4.78 is 13.7. The normalized spacial score (nSPS) is 10.3. The zero-order chi connectivity index (χ0) is 12.8. The standard InChI is InChI=1S/C12H15BrFNO2/c1-8-6-9(13)10(14)7-11(8)15-5-3-2-4-12(16)17/h6-7,15H,2-5H2,1H3,(H,16,17). The van der Waals surface area contributed by atoms with Gasteiger partial charge in [0.25, 0.3) is 0 Å². The number of carbonyl (C=O) groups is 1. The van der Waals surface area contributed by atoms with Gasteiger partial charge in [0.05, 0.1) is 4.47 Å². The fraction of sp³-hybridized carbons (Fsp3) is 0.417. The summed E-state index contributed by atoms with van der Waals surface area (Å²) in [5.74, 6) is -1.08. The van der Waals surface area contributed by atoms with E-state index >= 15 is 0 Å². The summed E-state index contributed by atoms with van der Waals surface area (Å²) in [6.07, 6.45) is 1.55. The molecule has 0 bridgehead atoms. The highest BCUT2D eigenvalue weighted by Gasteiger charge is 2.04. The molecule has 0 aromatic heterocycles. The number of nitrogens with one attached hydrogen (secondary N) is 1. The molecule has 94 valence electrons. The molecule has 0 aliphatic carbocycles. The number of benzene rings is 1. The lowest BCUT2D eigenvalue weighted by molar-refractivity contribution is -0.137. The fourth-order valence-electron chi connectivity index (χ4n) is 1.46. The number of aliphatic carboxylic acids is 1. The van der Waals surface area contributed by atoms with Crippen molar-refractivity contribution in [1.82, 2.24) is 0 Å². The van der Waals surface area contributed by atoms with Crippen LogP contribution in [0.5, 0.6) is 0 Å². The number of carboxylic acid groups (broad SMARTS) is 1. The molecule has 0 saturated heterocycles. The van der Waals surface area contributed by atoms with E-state index < -0.39 is 5.97 Å². The maximum atomic E-state index is 13.3. The molecule has 17 heavy (non-hydrogen) atoms. The van der Waals surface area contributed by atoms with Crippen molar-refractivity contribution < 1.29 is 14.3 Å². The topological polar surface area (TPSA) is 49.3 Å². The Bertz CT molecular complexity index is 410. The fourth-order valence-corrected chi connectivity index (χ4v) is 1.92. The maximum absolute atomic E-state index is 13.3. The minimum atomic E-state index is -0.782. The lowest BCUT2D eigenvalue weighted by atomic mass is 10.2. The molecule has 1 rings (SSSR count). The third-order valence-corrected chi connectivity index (χ3v) is 3.01. The minimum Gasteiger partial charge on any atom is -0.481 e. The van der Waals surface area contributed by atoms with Crippen LogP contribution in [0.25, 0.3) is 0 Å². The third-order valence-electron chi connectivity index (χ3n) is 2.40. The summed E-state index contributed by atoms with van der Waals surface area (Å²) >= 11 is 3.12. The van der Waals surface area contributed by atoms with E-state index in [0.717, 1.165) is 17.7 Å². The number of hydrogen-bond donors (Lipinski definition) is 2. The molecule has 0 aliphatic rings. The third kappa shape index (κ3) is 4.73. The summed E-state index contributed by atoms with van der Waals surface area (Å²) in [5, 5.41) is 11.6. The first-order valence-corrected chi connectivity index (χ1v) is 6.21. The van der Waals surface area contributed by atoms with Gasteiger partial charge in [0.1, 0.15) is 5.82 Å². The molecule has 0 atom stereocenters. The number of halogens is 2. The van der Waals surface area contributed by atoms with Crippen LogP contribution in [-0.2, 0) is 4.79 Å². The van der Waals surface area contributed by atoms with Crippen LogP contribution in [0.4, 0.5) is 10.1 Å². The van der Waals surface area contributed by atoms with Crippen molar-refractivity contribution >= 4 is 27.6 Å². The molecule has 0 saturated carbocycles. The van der Waals surface area contributed by atoms with Crippen LogP contribution in [0.1, 0.15) is 24.8 Å². The summed E-state index contributed by atoms with van der Waals surface area (Å²) in [6.45, 7) is 2.54. The molecular formula is C12H15BrFNO2. The van der Waals surface area contributed by atoms with Gasteiger partial charge in [0.15, 0.2) is 0 Å². The molecule has 0 spiro atoms. The average Bonchev–Trinajstić information content (AvgIpc) is 2.24. The van der Waals surface area contributed by atoms with Gasteiger partial charge < -0.3 is 10.4 Å². The van der Waals surface area contributed by atoms with Crippen molar-refractivity contribution in [2.24, 2.45) is 0 Å². The highest BCUT2D eigenvalue weighted by molar-refractivity contribution is 9.10. The first kappa shape index (κ1) is 14.0. The molecule has 0 radical (unpaired) electrons. The SMILES string of the molecule is Cc1cc(Br)c(F)cc1NCCCCC(=O)O. The quantitative estimate of drug-likeness (QED) is 0.790. The number of anilines is 1. The average molecular weight is 304 g/mol. The van der Waals surface area contributed by atoms with E-state index in [1.165, 1.54) is 6.07 Å². The first-order valence-electron chi connectivity index (χ1n) is 5.42. The number of rotatable bonds is 6. The molecule has 0 unspecified atom stereocenters. The van der Waals surface area contributed by atoms with Crippen molar-refractivity contribution in [3.05, 3.63) is 28.0 Å². The predicted molar refractivity (Wildman–Crippen MR) is 68.8 cm³/mol. The largest absolute Gasteiger partial charge is 0.481 e. The van der Waals surface area contributed by atoms with Crippen LogP contribution in [-0.4, -0.2) is 17.6 Å². The second kappa shape index (κ2) is 6.59. The number of hydrogen-bond acceptors (Lipinski definition) is 2. The molecule has 1 aromatic carbocycles. The molecule has 3 nitrogen and oxygen atoms in total. The Hall–Kier alpha value is -1.10. The van der Waals surface area contributed by atoms with Gasteiger partial charge in [-0.1, -0.05) is 0 Å². The van der Waals surface area contributed by atoms with Gasteiger partial charge in [-0.05, 0) is 53.4 Å². The van der Waals surface area contributed by atoms with Crippen LogP contribution in [0, 0.1) is 12.7 Å². The van der Waals surface area contributed by atoms with Gasteiger partial charge in [-0.3, -0.25) is 4.79 Å². The Morgan fingerprint density at radius 1 is 1.47 bits per heavy atom. The highest BCUT2D eigenvalue weighted by Crippen LogP contribution is 2.23. The lowest BCUT2D eigenvalue weighted by Gasteiger charge is -2.10. The van der Waals surface area contributed by atoms with Crippen molar-refractivity contribution in [3.8, 4) is 0 Å². The van der Waals surface area contributed by atoms with Crippen molar-refractivity contribution in [2.75, 3.05) is 11.9 Å². The number of carboxylic acids is 1. The van der Waals surface area contributed by atoms with Crippen LogP contribution in [0.3, 0.4) is 0 Å². The van der Waals surface area contributed by atoms with Crippen molar-refractivity contribution in [2.45, 2.75) is 26.2 Å². The smallest absolute Gasteiger partial charge is 0.303 e. The first-order chi connectivity index (χ1) is 8.00. The molecule has 5 heteroatoms. The minimum absolute atomic E-state index is 0.176. The zero-order valence-electron chi connectivity index (χ0n) is 9.59. The van der Waals surface area contributed by atoms with E-state index in [-0.39, 0.29) is 12.2 Å². The summed E-state index contributed by atoms with van der Waals surface area (Å²) in [4.78, 5) is 10.3. The van der Waals surface area contributed by atoms with E-state index in [4.69, 9.17) is 5.11 Å². The zero-order valence-corrected chi connectivity index (χ0v) is 11.2. The monoisotopic (exact) mass is 303 g/mol. The van der Waals surface area contributed by atoms with Gasteiger partial charge in [-0.2, -0.15) is 0 Å². The van der Waals surface area contributed by atoms with Gasteiger partial charge in [0, 0.05) is 18.7 Å².